The lowest BCUT2D eigenvalue weighted by molar-refractivity contribution is 0.0183. The molecule has 4 heteroatoms. The maximum atomic E-state index is 9.69. The van der Waals surface area contributed by atoms with Gasteiger partial charge in [-0.15, -0.1) is 0 Å². The van der Waals surface area contributed by atoms with Gasteiger partial charge in [0.15, 0.2) is 0 Å². The highest BCUT2D eigenvalue weighted by molar-refractivity contribution is 5.38. The van der Waals surface area contributed by atoms with Crippen LogP contribution in [0.2, 0.25) is 0 Å². The van der Waals surface area contributed by atoms with E-state index in [1.807, 2.05) is 6.92 Å². The molecule has 3 rings (SSSR count). The number of nitrogens with zero attached hydrogens (tertiary/aromatic N) is 2. The Balaban J connectivity index is 1.67. The molecule has 0 bridgehead atoms. The summed E-state index contributed by atoms with van der Waals surface area (Å²) >= 11 is 0. The molecule has 1 aliphatic carbocycles. The third-order valence-corrected chi connectivity index (χ3v) is 5.42. The molecular formula is C19H32N2O2. The molecule has 1 atom stereocenters. The summed E-state index contributed by atoms with van der Waals surface area (Å²) in [5, 5.41) is 9.69. The fourth-order valence-electron chi connectivity index (χ4n) is 3.90. The summed E-state index contributed by atoms with van der Waals surface area (Å²) in [4.78, 5) is 5.13. The van der Waals surface area contributed by atoms with Crippen LogP contribution in [-0.2, 0) is 4.74 Å². The first-order chi connectivity index (χ1) is 11.2. The second-order valence-electron chi connectivity index (χ2n) is 7.29. The van der Waals surface area contributed by atoms with Crippen LogP contribution in [0.25, 0.3) is 0 Å². The molecule has 4 nitrogen and oxygen atoms in total. The minimum atomic E-state index is -0.266. The molecule has 3 fully saturated rings. The summed E-state index contributed by atoms with van der Waals surface area (Å²) in [5.41, 5.74) is 1.64. The van der Waals surface area contributed by atoms with Crippen LogP contribution in [0.1, 0.15) is 39.0 Å². The second-order valence-corrected chi connectivity index (χ2v) is 7.29. The molecular weight excluding hydrogens is 288 g/mol. The molecule has 1 unspecified atom stereocenters. The van der Waals surface area contributed by atoms with E-state index >= 15 is 0 Å². The summed E-state index contributed by atoms with van der Waals surface area (Å²) < 4.78 is 5.52. The Hall–Kier alpha value is -0.680. The third kappa shape index (κ3) is 4.44. The Morgan fingerprint density at radius 2 is 1.87 bits per heavy atom. The SMILES string of the molecule is CC(O)C/C=C(\C=C/CN1CCCC1)C1(N2CCOCC2)CC1. The van der Waals surface area contributed by atoms with Gasteiger partial charge in [0.1, 0.15) is 0 Å². The zero-order valence-corrected chi connectivity index (χ0v) is 14.5. The number of rotatable bonds is 7. The zero-order valence-electron chi connectivity index (χ0n) is 14.5. The summed E-state index contributed by atoms with van der Waals surface area (Å²) in [7, 11) is 0. The van der Waals surface area contributed by atoms with Crippen molar-refractivity contribution in [3.05, 3.63) is 23.8 Å². The lowest BCUT2D eigenvalue weighted by Gasteiger charge is -2.36. The number of hydrogen-bond acceptors (Lipinski definition) is 4. The van der Waals surface area contributed by atoms with Gasteiger partial charge in [-0.2, -0.15) is 0 Å². The Morgan fingerprint density at radius 1 is 1.17 bits per heavy atom. The van der Waals surface area contributed by atoms with Crippen LogP contribution >= 0.6 is 0 Å². The van der Waals surface area contributed by atoms with Gasteiger partial charge in [0.05, 0.1) is 19.3 Å². The highest BCUT2D eigenvalue weighted by Gasteiger charge is 2.50. The molecule has 1 saturated carbocycles. The van der Waals surface area contributed by atoms with Crippen molar-refractivity contribution in [1.82, 2.24) is 9.80 Å². The number of likely N-dealkylation sites (tertiary alicyclic amines) is 1. The normalized spacial score (nSPS) is 27.7. The van der Waals surface area contributed by atoms with Crippen LogP contribution in [0.3, 0.4) is 0 Å². The molecule has 0 aromatic rings. The van der Waals surface area contributed by atoms with Gasteiger partial charge in [0.25, 0.3) is 0 Å². The number of ether oxygens (including phenoxy) is 1. The van der Waals surface area contributed by atoms with E-state index in [0.29, 0.717) is 0 Å². The van der Waals surface area contributed by atoms with E-state index in [-0.39, 0.29) is 11.6 Å². The molecule has 0 amide bonds. The smallest absolute Gasteiger partial charge is 0.0594 e. The highest BCUT2D eigenvalue weighted by Crippen LogP contribution is 2.48. The molecule has 0 spiro atoms. The van der Waals surface area contributed by atoms with E-state index in [2.05, 4.69) is 28.0 Å². The number of morpholine rings is 1. The second kappa shape index (κ2) is 7.93. The van der Waals surface area contributed by atoms with E-state index in [1.165, 1.54) is 44.3 Å². The summed E-state index contributed by atoms with van der Waals surface area (Å²) in [6, 6.07) is 0. The first kappa shape index (κ1) is 17.2. The van der Waals surface area contributed by atoms with Gasteiger partial charge in [-0.3, -0.25) is 9.80 Å². The summed E-state index contributed by atoms with van der Waals surface area (Å²) in [6.45, 7) is 9.18. The molecule has 23 heavy (non-hydrogen) atoms. The van der Waals surface area contributed by atoms with Crippen LogP contribution < -0.4 is 0 Å². The van der Waals surface area contributed by atoms with Gasteiger partial charge in [0, 0.05) is 25.2 Å². The molecule has 0 aromatic heterocycles. The zero-order chi connectivity index (χ0) is 16.1. The van der Waals surface area contributed by atoms with E-state index in [0.717, 1.165) is 39.3 Å². The fraction of sp³-hybridized carbons (Fsp3) is 0.789. The van der Waals surface area contributed by atoms with Gasteiger partial charge in [-0.25, -0.2) is 0 Å². The summed E-state index contributed by atoms with van der Waals surface area (Å²) in [5.74, 6) is 0. The molecule has 1 N–H and O–H groups in total. The first-order valence-electron chi connectivity index (χ1n) is 9.31. The maximum Gasteiger partial charge on any atom is 0.0594 e. The number of hydrogen-bond donors (Lipinski definition) is 1. The van der Waals surface area contributed by atoms with Crippen LogP contribution in [0.15, 0.2) is 23.8 Å². The monoisotopic (exact) mass is 320 g/mol. The molecule has 2 saturated heterocycles. The van der Waals surface area contributed by atoms with Crippen molar-refractivity contribution in [1.29, 1.82) is 0 Å². The molecule has 3 aliphatic rings. The molecule has 0 aromatic carbocycles. The third-order valence-electron chi connectivity index (χ3n) is 5.42. The van der Waals surface area contributed by atoms with Crippen molar-refractivity contribution in [3.8, 4) is 0 Å². The van der Waals surface area contributed by atoms with Gasteiger partial charge in [-0.05, 0) is 57.7 Å². The van der Waals surface area contributed by atoms with E-state index in [4.69, 9.17) is 4.74 Å². The van der Waals surface area contributed by atoms with Crippen molar-refractivity contribution < 1.29 is 9.84 Å². The van der Waals surface area contributed by atoms with Gasteiger partial charge < -0.3 is 9.84 Å². The van der Waals surface area contributed by atoms with E-state index in [9.17, 15) is 5.11 Å². The van der Waals surface area contributed by atoms with Crippen LogP contribution in [0.4, 0.5) is 0 Å². The lowest BCUT2D eigenvalue weighted by Crippen LogP contribution is -2.46. The average Bonchev–Trinajstić information content (AvgIpc) is 3.20. The number of aliphatic hydroxyl groups excluding tert-OH is 1. The molecule has 0 radical (unpaired) electrons. The van der Waals surface area contributed by atoms with Crippen LogP contribution in [-0.4, -0.2) is 72.5 Å². The first-order valence-corrected chi connectivity index (χ1v) is 9.31. The van der Waals surface area contributed by atoms with Gasteiger partial charge in [0.2, 0.25) is 0 Å². The summed E-state index contributed by atoms with van der Waals surface area (Å²) in [6.07, 6.45) is 12.6. The lowest BCUT2D eigenvalue weighted by atomic mass is 9.99. The van der Waals surface area contributed by atoms with Crippen LogP contribution in [0, 0.1) is 0 Å². The van der Waals surface area contributed by atoms with Gasteiger partial charge in [-0.1, -0.05) is 18.2 Å². The predicted molar refractivity (Wildman–Crippen MR) is 93.6 cm³/mol. The fourth-order valence-corrected chi connectivity index (χ4v) is 3.90. The molecule has 130 valence electrons. The van der Waals surface area contributed by atoms with E-state index < -0.39 is 0 Å². The molecule has 2 heterocycles. The van der Waals surface area contributed by atoms with Crippen LogP contribution in [0.5, 0.6) is 0 Å². The highest BCUT2D eigenvalue weighted by atomic mass is 16.5. The standard InChI is InChI=1S/C19H32N2O2/c1-17(22)6-7-18(5-4-12-20-10-2-3-11-20)19(8-9-19)21-13-15-23-16-14-21/h4-5,7,17,22H,2-3,6,8-16H2,1H3/b5-4-,18-7+. The van der Waals surface area contributed by atoms with Crippen molar-refractivity contribution in [2.24, 2.45) is 0 Å². The van der Waals surface area contributed by atoms with Crippen molar-refractivity contribution in [2.75, 3.05) is 45.9 Å². The minimum absolute atomic E-state index is 0.222. The topological polar surface area (TPSA) is 35.9 Å². The average molecular weight is 320 g/mol. The van der Waals surface area contributed by atoms with Crippen molar-refractivity contribution in [3.63, 3.8) is 0 Å². The predicted octanol–water partition coefficient (Wildman–Crippen LogP) is 2.20. The van der Waals surface area contributed by atoms with Crippen molar-refractivity contribution >= 4 is 0 Å². The Labute approximate surface area is 140 Å². The van der Waals surface area contributed by atoms with E-state index in [1.54, 1.807) is 0 Å². The number of aliphatic hydroxyl groups is 1. The Bertz CT molecular complexity index is 429. The molecule has 2 aliphatic heterocycles. The Morgan fingerprint density at radius 3 is 2.48 bits per heavy atom. The maximum absolute atomic E-state index is 9.69. The quantitative estimate of drug-likeness (QED) is 0.730. The Kier molecular flexibility index (Phi) is 5.91. The van der Waals surface area contributed by atoms with Crippen molar-refractivity contribution in [2.45, 2.75) is 50.7 Å². The largest absolute Gasteiger partial charge is 0.393 e. The van der Waals surface area contributed by atoms with Gasteiger partial charge >= 0.3 is 0 Å². The minimum Gasteiger partial charge on any atom is -0.393 e.